The summed E-state index contributed by atoms with van der Waals surface area (Å²) in [6, 6.07) is 26.3. The van der Waals surface area contributed by atoms with Crippen LogP contribution in [-0.2, 0) is 16.4 Å². The predicted octanol–water partition coefficient (Wildman–Crippen LogP) is 8.81. The van der Waals surface area contributed by atoms with E-state index in [9.17, 15) is 5.11 Å². The highest BCUT2D eigenvalue weighted by Crippen LogP contribution is 2.32. The number of halogens is 1. The molecular weight excluding hydrogens is 494 g/mol. The Labute approximate surface area is 226 Å². The zero-order chi connectivity index (χ0) is 26.6. The molecule has 0 aliphatic rings. The Morgan fingerprint density at radius 2 is 1.70 bits per heavy atom. The molecule has 0 saturated heterocycles. The first kappa shape index (κ1) is 27.3. The van der Waals surface area contributed by atoms with Gasteiger partial charge in [-0.25, -0.2) is 4.98 Å². The number of fused-ring (bicyclic) bond motifs is 1. The van der Waals surface area contributed by atoms with Crippen molar-refractivity contribution in [2.24, 2.45) is 0 Å². The van der Waals surface area contributed by atoms with Crippen LogP contribution in [0.1, 0.15) is 54.3 Å². The summed E-state index contributed by atoms with van der Waals surface area (Å²) >= 11 is 6.13. The lowest BCUT2D eigenvalue weighted by molar-refractivity contribution is 0.0984. The molecule has 0 fully saturated rings. The van der Waals surface area contributed by atoms with Crippen LogP contribution < -0.4 is 0 Å². The summed E-state index contributed by atoms with van der Waals surface area (Å²) in [4.78, 5) is 4.69. The topological polar surface area (TPSA) is 42.4 Å². The number of benzene rings is 3. The molecule has 37 heavy (non-hydrogen) atoms. The predicted molar refractivity (Wildman–Crippen MR) is 159 cm³/mol. The standard InChI is InChI=1S/C32H36ClNO2Si/c1-32(2,36-37(3,4)5)29-12-7-6-10-24(29)16-20-31(35)26-11-8-9-23(21-26)13-18-28-19-15-25-14-17-27(33)22-30(25)34-28/h6-15,17-19,21-22,31,35H,16,20H2,1-5H3/b18-13+/t31-/m0/s1. The molecule has 0 bridgehead atoms. The zero-order valence-corrected chi connectivity index (χ0v) is 24.1. The average Bonchev–Trinajstić information content (AvgIpc) is 2.84. The average molecular weight is 530 g/mol. The lowest BCUT2D eigenvalue weighted by Gasteiger charge is -2.35. The Hall–Kier alpha value is -2.76. The van der Waals surface area contributed by atoms with Gasteiger partial charge in [0.1, 0.15) is 0 Å². The van der Waals surface area contributed by atoms with Crippen LogP contribution in [0.25, 0.3) is 23.1 Å². The molecule has 1 heterocycles. The first-order valence-electron chi connectivity index (χ1n) is 12.8. The van der Waals surface area contributed by atoms with Crippen LogP contribution in [0.3, 0.4) is 0 Å². The maximum Gasteiger partial charge on any atom is 0.184 e. The molecule has 3 aromatic carbocycles. The van der Waals surface area contributed by atoms with Crippen LogP contribution in [0, 0.1) is 0 Å². The highest BCUT2D eigenvalue weighted by molar-refractivity contribution is 6.69. The smallest absolute Gasteiger partial charge is 0.184 e. The van der Waals surface area contributed by atoms with E-state index in [2.05, 4.69) is 57.8 Å². The van der Waals surface area contributed by atoms with Gasteiger partial charge in [-0.15, -0.1) is 0 Å². The molecular formula is C32H36ClNO2Si. The van der Waals surface area contributed by atoms with Gasteiger partial charge in [-0.1, -0.05) is 72.3 Å². The number of pyridine rings is 1. The third kappa shape index (κ3) is 7.39. The molecule has 1 atom stereocenters. The monoisotopic (exact) mass is 529 g/mol. The number of nitrogens with zero attached hydrogens (tertiary/aromatic N) is 1. The Morgan fingerprint density at radius 1 is 0.946 bits per heavy atom. The fraction of sp³-hybridized carbons (Fsp3) is 0.281. The van der Waals surface area contributed by atoms with Crippen LogP contribution in [0.15, 0.2) is 78.9 Å². The zero-order valence-electron chi connectivity index (χ0n) is 22.3. The van der Waals surface area contributed by atoms with Gasteiger partial charge in [-0.3, -0.25) is 0 Å². The fourth-order valence-electron chi connectivity index (χ4n) is 4.86. The van der Waals surface area contributed by atoms with E-state index in [-0.39, 0.29) is 5.60 Å². The number of aromatic nitrogens is 1. The van der Waals surface area contributed by atoms with Gasteiger partial charge >= 0.3 is 0 Å². The first-order chi connectivity index (χ1) is 17.5. The number of rotatable bonds is 9. The third-order valence-electron chi connectivity index (χ3n) is 6.33. The van der Waals surface area contributed by atoms with E-state index in [1.165, 1.54) is 11.1 Å². The number of aliphatic hydroxyl groups is 1. The van der Waals surface area contributed by atoms with Gasteiger partial charge in [0, 0.05) is 10.4 Å². The van der Waals surface area contributed by atoms with Gasteiger partial charge in [0.2, 0.25) is 0 Å². The summed E-state index contributed by atoms with van der Waals surface area (Å²) in [6.45, 7) is 10.9. The van der Waals surface area contributed by atoms with Gasteiger partial charge in [0.25, 0.3) is 0 Å². The first-order valence-corrected chi connectivity index (χ1v) is 16.6. The van der Waals surface area contributed by atoms with E-state index in [1.54, 1.807) is 0 Å². The van der Waals surface area contributed by atoms with Crippen LogP contribution >= 0.6 is 11.6 Å². The number of aliphatic hydroxyl groups excluding tert-OH is 1. The van der Waals surface area contributed by atoms with Crippen molar-refractivity contribution >= 4 is 43.0 Å². The van der Waals surface area contributed by atoms with Crippen molar-refractivity contribution in [3.8, 4) is 0 Å². The van der Waals surface area contributed by atoms with E-state index >= 15 is 0 Å². The normalized spacial score (nSPS) is 13.4. The largest absolute Gasteiger partial charge is 0.409 e. The second-order valence-corrected chi connectivity index (χ2v) is 15.9. The van der Waals surface area contributed by atoms with Gasteiger partial charge in [-0.05, 0) is 98.9 Å². The summed E-state index contributed by atoms with van der Waals surface area (Å²) in [5.74, 6) is 0. The van der Waals surface area contributed by atoms with E-state index in [4.69, 9.17) is 21.0 Å². The molecule has 3 nitrogen and oxygen atoms in total. The Bertz CT molecular complexity index is 1410. The highest BCUT2D eigenvalue weighted by Gasteiger charge is 2.30. The lowest BCUT2D eigenvalue weighted by atomic mass is 9.90. The van der Waals surface area contributed by atoms with Crippen LogP contribution in [0.2, 0.25) is 24.7 Å². The lowest BCUT2D eigenvalue weighted by Crippen LogP contribution is -2.37. The van der Waals surface area contributed by atoms with Gasteiger partial charge in [-0.2, -0.15) is 0 Å². The molecule has 0 saturated carbocycles. The molecule has 192 valence electrons. The highest BCUT2D eigenvalue weighted by atomic mass is 35.5. The SMILES string of the molecule is CC(C)(O[Si](C)(C)C)c1ccccc1CC[C@H](O)c1cccc(/C=C/c2ccc3ccc(Cl)cc3n2)c1. The van der Waals surface area contributed by atoms with Crippen molar-refractivity contribution in [1.82, 2.24) is 4.98 Å². The van der Waals surface area contributed by atoms with Crippen molar-refractivity contribution in [1.29, 1.82) is 0 Å². The summed E-state index contributed by atoms with van der Waals surface area (Å²) in [5.41, 5.74) is 5.73. The van der Waals surface area contributed by atoms with Crippen LogP contribution in [-0.4, -0.2) is 18.4 Å². The van der Waals surface area contributed by atoms with Crippen LogP contribution in [0.4, 0.5) is 0 Å². The molecule has 1 N–H and O–H groups in total. The summed E-state index contributed by atoms with van der Waals surface area (Å²) < 4.78 is 6.51. The second-order valence-electron chi connectivity index (χ2n) is 11.0. The van der Waals surface area contributed by atoms with E-state index < -0.39 is 14.4 Å². The molecule has 4 rings (SSSR count). The van der Waals surface area contributed by atoms with Crippen molar-refractivity contribution in [3.63, 3.8) is 0 Å². The molecule has 0 spiro atoms. The van der Waals surface area contributed by atoms with Crippen molar-refractivity contribution < 1.29 is 9.53 Å². The van der Waals surface area contributed by atoms with Gasteiger partial charge < -0.3 is 9.53 Å². The molecule has 0 amide bonds. The van der Waals surface area contributed by atoms with Crippen molar-refractivity contribution in [2.75, 3.05) is 0 Å². The minimum atomic E-state index is -1.72. The molecule has 0 aliphatic carbocycles. The number of hydrogen-bond acceptors (Lipinski definition) is 3. The second kappa shape index (κ2) is 11.3. The minimum absolute atomic E-state index is 0.362. The van der Waals surface area contributed by atoms with E-state index in [0.29, 0.717) is 11.4 Å². The Kier molecular flexibility index (Phi) is 8.35. The molecule has 0 radical (unpaired) electrons. The van der Waals surface area contributed by atoms with Crippen LogP contribution in [0.5, 0.6) is 0 Å². The fourth-order valence-corrected chi connectivity index (χ4v) is 6.66. The maximum atomic E-state index is 11.0. The van der Waals surface area contributed by atoms with E-state index in [0.717, 1.165) is 34.1 Å². The van der Waals surface area contributed by atoms with Gasteiger partial charge in [0.15, 0.2) is 8.32 Å². The number of hydrogen-bond donors (Lipinski definition) is 1. The summed E-state index contributed by atoms with van der Waals surface area (Å²) in [5, 5.41) is 12.8. The molecule has 1 aromatic heterocycles. The number of aryl methyl sites for hydroxylation is 1. The van der Waals surface area contributed by atoms with Crippen molar-refractivity contribution in [2.45, 2.75) is 58.0 Å². The maximum absolute atomic E-state index is 11.0. The minimum Gasteiger partial charge on any atom is -0.409 e. The van der Waals surface area contributed by atoms with Crippen molar-refractivity contribution in [3.05, 3.63) is 112 Å². The summed E-state index contributed by atoms with van der Waals surface area (Å²) in [6.07, 6.45) is 4.88. The quantitative estimate of drug-likeness (QED) is 0.220. The molecule has 0 unspecified atom stereocenters. The van der Waals surface area contributed by atoms with E-state index in [1.807, 2.05) is 66.7 Å². The molecule has 4 aromatic rings. The molecule has 5 heteroatoms. The summed E-state index contributed by atoms with van der Waals surface area (Å²) in [7, 11) is -1.72. The third-order valence-corrected chi connectivity index (χ3v) is 7.69. The Morgan fingerprint density at radius 3 is 2.49 bits per heavy atom. The molecule has 0 aliphatic heterocycles. The van der Waals surface area contributed by atoms with Gasteiger partial charge in [0.05, 0.1) is 22.9 Å². The Balaban J connectivity index is 1.46.